The summed E-state index contributed by atoms with van der Waals surface area (Å²) in [5.41, 5.74) is -0.535. The molecular formula is C34H29F2N5O5. The lowest BCUT2D eigenvalue weighted by Crippen LogP contribution is -2.43. The van der Waals surface area contributed by atoms with E-state index in [1.165, 1.54) is 30.5 Å². The number of hydrogen-bond donors (Lipinski definition) is 3. The Morgan fingerprint density at radius 1 is 1.26 bits per heavy atom. The fraction of sp³-hybridized carbons (Fsp3) is 0.294. The predicted octanol–water partition coefficient (Wildman–Crippen LogP) is 4.79. The molecule has 12 heteroatoms. The Labute approximate surface area is 261 Å². The third-order valence-corrected chi connectivity index (χ3v) is 9.00. The van der Waals surface area contributed by atoms with E-state index in [9.17, 15) is 23.5 Å². The number of anilines is 1. The number of phenolic OH excluding ortho intramolecular Hbond substituents is 1. The number of aryl methyl sites for hydroxylation is 1. The molecular weight excluding hydrogens is 596 g/mol. The first-order valence-electron chi connectivity index (χ1n) is 14.9. The van der Waals surface area contributed by atoms with Gasteiger partial charge in [0.1, 0.15) is 41.3 Å². The second-order valence-electron chi connectivity index (χ2n) is 11.8. The van der Waals surface area contributed by atoms with Gasteiger partial charge in [-0.3, -0.25) is 9.69 Å². The van der Waals surface area contributed by atoms with Crippen molar-refractivity contribution in [3.63, 3.8) is 0 Å². The van der Waals surface area contributed by atoms with Crippen LogP contribution in [0.3, 0.4) is 0 Å². The summed E-state index contributed by atoms with van der Waals surface area (Å²) >= 11 is 0. The average Bonchev–Trinajstić information content (AvgIpc) is 3.56. The van der Waals surface area contributed by atoms with E-state index in [1.54, 1.807) is 19.1 Å². The van der Waals surface area contributed by atoms with E-state index in [0.29, 0.717) is 29.5 Å². The fourth-order valence-corrected chi connectivity index (χ4v) is 6.85. The number of terminal acetylenes is 1. The number of rotatable bonds is 7. The molecule has 3 aromatic heterocycles. The van der Waals surface area contributed by atoms with Gasteiger partial charge in [0.2, 0.25) is 0 Å². The van der Waals surface area contributed by atoms with Crippen LogP contribution in [0.1, 0.15) is 36.0 Å². The third-order valence-electron chi connectivity index (χ3n) is 9.00. The Morgan fingerprint density at radius 3 is 2.91 bits per heavy atom. The van der Waals surface area contributed by atoms with Crippen LogP contribution in [0.2, 0.25) is 0 Å². The van der Waals surface area contributed by atoms with Crippen LogP contribution in [0.15, 0.2) is 56.6 Å². The summed E-state index contributed by atoms with van der Waals surface area (Å²) in [6.45, 7) is 2.96. The maximum atomic E-state index is 14.8. The topological polar surface area (TPSA) is 134 Å². The van der Waals surface area contributed by atoms with Crippen LogP contribution in [-0.2, 0) is 6.54 Å². The van der Waals surface area contributed by atoms with Crippen LogP contribution in [0, 0.1) is 25.1 Å². The molecule has 2 aromatic carbocycles. The van der Waals surface area contributed by atoms with Crippen LogP contribution >= 0.6 is 0 Å². The van der Waals surface area contributed by atoms with Gasteiger partial charge in [-0.1, -0.05) is 18.1 Å². The minimum absolute atomic E-state index is 0.000818. The Morgan fingerprint density at radius 2 is 2.11 bits per heavy atom. The van der Waals surface area contributed by atoms with Crippen molar-refractivity contribution < 1.29 is 23.0 Å². The highest BCUT2D eigenvalue weighted by Gasteiger charge is 2.49. The molecule has 0 aliphatic carbocycles. The number of hydrogen-bond acceptors (Lipinski definition) is 9. The first kappa shape index (κ1) is 29.4. The molecule has 7 rings (SSSR count). The van der Waals surface area contributed by atoms with Gasteiger partial charge in [-0.25, -0.2) is 13.6 Å². The van der Waals surface area contributed by atoms with Crippen molar-refractivity contribution in [2.45, 2.75) is 44.4 Å². The van der Waals surface area contributed by atoms with Gasteiger partial charge in [0.25, 0.3) is 5.56 Å². The molecule has 46 heavy (non-hydrogen) atoms. The van der Waals surface area contributed by atoms with Crippen molar-refractivity contribution in [3.8, 4) is 35.4 Å². The number of aromatic nitrogens is 3. The zero-order chi connectivity index (χ0) is 32.2. The number of H-pyrrole nitrogens is 1. The first-order valence-corrected chi connectivity index (χ1v) is 14.9. The number of pyridine rings is 1. The number of aromatic hydroxyl groups is 1. The quantitative estimate of drug-likeness (QED) is 0.218. The first-order chi connectivity index (χ1) is 22.2. The number of alkyl halides is 1. The van der Waals surface area contributed by atoms with Crippen LogP contribution < -0.4 is 21.2 Å². The number of benzene rings is 2. The summed E-state index contributed by atoms with van der Waals surface area (Å²) < 4.78 is 41.3. The number of ether oxygens (including phenoxy) is 1. The molecule has 5 aromatic rings. The van der Waals surface area contributed by atoms with Crippen molar-refractivity contribution in [2.75, 3.05) is 25.0 Å². The molecule has 0 amide bonds. The molecule has 5 heterocycles. The number of nitrogens with zero attached hydrogens (tertiary/aromatic N) is 3. The van der Waals surface area contributed by atoms with Gasteiger partial charge in [-0.2, -0.15) is 9.97 Å². The average molecular weight is 626 g/mol. The summed E-state index contributed by atoms with van der Waals surface area (Å²) in [4.78, 5) is 39.9. The molecule has 2 aliphatic rings. The molecule has 2 atom stereocenters. The Hall–Kier alpha value is -5.28. The molecule has 0 radical (unpaired) electrons. The molecule has 10 nitrogen and oxygen atoms in total. The molecule has 2 saturated heterocycles. The van der Waals surface area contributed by atoms with E-state index in [0.717, 1.165) is 19.4 Å². The Kier molecular flexibility index (Phi) is 7.21. The van der Waals surface area contributed by atoms with E-state index in [2.05, 4.69) is 31.1 Å². The molecule has 2 fully saturated rings. The summed E-state index contributed by atoms with van der Waals surface area (Å²) in [6, 6.07) is 8.71. The highest BCUT2D eigenvalue weighted by Crippen LogP contribution is 2.41. The normalized spacial score (nSPS) is 19.4. The van der Waals surface area contributed by atoms with Gasteiger partial charge in [-0.15, -0.1) is 6.42 Å². The number of halogens is 2. The van der Waals surface area contributed by atoms with Gasteiger partial charge in [0, 0.05) is 47.8 Å². The van der Waals surface area contributed by atoms with Crippen molar-refractivity contribution >= 4 is 27.5 Å². The number of phenols is 1. The lowest BCUT2D eigenvalue weighted by atomic mass is 9.95. The second kappa shape index (κ2) is 11.3. The smallest absolute Gasteiger partial charge is 0.349 e. The van der Waals surface area contributed by atoms with E-state index in [4.69, 9.17) is 15.6 Å². The van der Waals surface area contributed by atoms with Crippen LogP contribution in [0.25, 0.3) is 33.0 Å². The highest BCUT2D eigenvalue weighted by atomic mass is 19.1. The molecule has 0 bridgehead atoms. The number of fused-ring (bicyclic) bond motifs is 3. The zero-order valence-corrected chi connectivity index (χ0v) is 24.8. The summed E-state index contributed by atoms with van der Waals surface area (Å²) in [7, 11) is 0. The van der Waals surface area contributed by atoms with E-state index >= 15 is 0 Å². The number of nitrogens with one attached hydrogen (secondary N) is 2. The van der Waals surface area contributed by atoms with Crippen molar-refractivity contribution in [1.82, 2.24) is 19.9 Å². The Balaban J connectivity index is 1.39. The van der Waals surface area contributed by atoms with Crippen LogP contribution in [-0.4, -0.2) is 56.4 Å². The SMILES string of the molecule is C#Cc1c(F)ccc2cc(O)cc(-c3oc(=O)c4c(NCc5ccc[nH]c5=O)nc(OC[C@@]56CCCN5C[C@H](F)C6)nc4c3C)c12. The minimum Gasteiger partial charge on any atom is -0.508 e. The maximum Gasteiger partial charge on any atom is 0.349 e. The standard InChI is InChI=1S/C34H29F2N5O5/c1-3-23-25(36)8-7-19-12-22(42)13-24(26(19)23)29-18(2)28-27(32(44)46-29)30(38-15-20-6-4-10-37-31(20)43)40-33(39-28)45-17-34-9-5-11-41(34)16-21(35)14-34/h1,4,6-8,10,12-13,21,42H,5,9,11,14-17H2,2H3,(H,37,43)(H,38,39,40)/t21-,34+/m1/s1. The van der Waals surface area contributed by atoms with Gasteiger partial charge < -0.3 is 24.6 Å². The van der Waals surface area contributed by atoms with Crippen molar-refractivity contribution in [3.05, 3.63) is 85.9 Å². The monoisotopic (exact) mass is 625 g/mol. The fourth-order valence-electron chi connectivity index (χ4n) is 6.85. The molecule has 2 aliphatic heterocycles. The highest BCUT2D eigenvalue weighted by molar-refractivity contribution is 6.03. The van der Waals surface area contributed by atoms with Gasteiger partial charge in [-0.05, 0) is 56.0 Å². The summed E-state index contributed by atoms with van der Waals surface area (Å²) in [5.74, 6) is 1.66. The van der Waals surface area contributed by atoms with Gasteiger partial charge in [0.05, 0.1) is 16.6 Å². The number of aromatic amines is 1. The lowest BCUT2D eigenvalue weighted by molar-refractivity contribution is 0.107. The Bertz CT molecular complexity index is 2190. The molecule has 234 valence electrons. The molecule has 0 spiro atoms. The molecule has 0 unspecified atom stereocenters. The largest absolute Gasteiger partial charge is 0.508 e. The summed E-state index contributed by atoms with van der Waals surface area (Å²) in [6.07, 6.45) is 8.28. The van der Waals surface area contributed by atoms with Gasteiger partial charge in [0.15, 0.2) is 0 Å². The van der Waals surface area contributed by atoms with E-state index in [-0.39, 0.29) is 69.5 Å². The minimum atomic E-state index is -0.952. The lowest BCUT2D eigenvalue weighted by Gasteiger charge is -2.30. The molecule has 0 saturated carbocycles. The molecule has 3 N–H and O–H groups in total. The predicted molar refractivity (Wildman–Crippen MR) is 168 cm³/mol. The second-order valence-corrected chi connectivity index (χ2v) is 11.8. The van der Waals surface area contributed by atoms with Gasteiger partial charge >= 0.3 is 11.6 Å². The van der Waals surface area contributed by atoms with Crippen LogP contribution in [0.5, 0.6) is 11.8 Å². The third kappa shape index (κ3) is 4.93. The van der Waals surface area contributed by atoms with E-state index in [1.807, 2.05) is 0 Å². The maximum absolute atomic E-state index is 14.8. The summed E-state index contributed by atoms with van der Waals surface area (Å²) in [5, 5.41) is 14.3. The van der Waals surface area contributed by atoms with Crippen molar-refractivity contribution in [2.24, 2.45) is 0 Å². The van der Waals surface area contributed by atoms with Crippen LogP contribution in [0.4, 0.5) is 14.6 Å². The van der Waals surface area contributed by atoms with E-state index < -0.39 is 23.2 Å². The zero-order valence-electron chi connectivity index (χ0n) is 24.8. The van der Waals surface area contributed by atoms with Crippen molar-refractivity contribution in [1.29, 1.82) is 0 Å².